The Labute approximate surface area is 113 Å². The Morgan fingerprint density at radius 1 is 1.26 bits per heavy atom. The second kappa shape index (κ2) is 7.89. The molecule has 19 heavy (non-hydrogen) atoms. The molecule has 0 spiro atoms. The van der Waals surface area contributed by atoms with Crippen molar-refractivity contribution in [3.63, 3.8) is 0 Å². The summed E-state index contributed by atoms with van der Waals surface area (Å²) in [6, 6.07) is 2.62. The van der Waals surface area contributed by atoms with Gasteiger partial charge in [0.15, 0.2) is 17.4 Å². The summed E-state index contributed by atoms with van der Waals surface area (Å²) in [4.78, 5) is 0. The summed E-state index contributed by atoms with van der Waals surface area (Å²) < 4.78 is 32.6. The highest BCUT2D eigenvalue weighted by atomic mass is 19.1. The van der Waals surface area contributed by atoms with Crippen LogP contribution in [0.2, 0.25) is 0 Å². The maximum atomic E-state index is 13.7. The second-order valence-corrected chi connectivity index (χ2v) is 4.66. The lowest BCUT2D eigenvalue weighted by atomic mass is 10.2. The molecule has 0 aliphatic rings. The van der Waals surface area contributed by atoms with Crippen molar-refractivity contribution >= 4 is 0 Å². The largest absolute Gasteiger partial charge is 0.483 e. The van der Waals surface area contributed by atoms with Gasteiger partial charge in [0.1, 0.15) is 6.61 Å². The van der Waals surface area contributed by atoms with E-state index in [9.17, 15) is 8.78 Å². The summed E-state index contributed by atoms with van der Waals surface area (Å²) in [6.07, 6.45) is 2.75. The minimum absolute atomic E-state index is 0.170. The fourth-order valence-electron chi connectivity index (χ4n) is 1.55. The molecule has 0 atom stereocenters. The molecule has 1 aromatic rings. The van der Waals surface area contributed by atoms with Crippen LogP contribution < -0.4 is 10.1 Å². The maximum Gasteiger partial charge on any atom is 0.191 e. The van der Waals surface area contributed by atoms with Gasteiger partial charge in [0.05, 0.1) is 0 Å². The first kappa shape index (κ1) is 15.6. The fraction of sp³-hybridized carbons (Fsp3) is 0.467. The molecule has 1 N–H and O–H groups in total. The lowest BCUT2D eigenvalue weighted by Crippen LogP contribution is -2.14. The van der Waals surface area contributed by atoms with E-state index in [0.29, 0.717) is 12.1 Å². The highest BCUT2D eigenvalue weighted by Crippen LogP contribution is 2.23. The molecular weight excluding hydrogens is 248 g/mol. The van der Waals surface area contributed by atoms with Crippen molar-refractivity contribution in [2.45, 2.75) is 33.7 Å². The standard InChI is InChI=1S/C15H21F2NO/c1-4-6-18-10-12-8-13(16)15(14(17)9-12)19-7-5-11(2)3/h5,8-9,18H,4,6-7,10H2,1-3H3. The molecule has 0 heterocycles. The van der Waals surface area contributed by atoms with E-state index in [0.717, 1.165) is 18.5 Å². The highest BCUT2D eigenvalue weighted by Gasteiger charge is 2.12. The van der Waals surface area contributed by atoms with Crippen molar-refractivity contribution in [3.05, 3.63) is 41.0 Å². The summed E-state index contributed by atoms with van der Waals surface area (Å²) in [7, 11) is 0. The fourth-order valence-corrected chi connectivity index (χ4v) is 1.55. The van der Waals surface area contributed by atoms with Gasteiger partial charge in [0, 0.05) is 6.54 Å². The minimum Gasteiger partial charge on any atom is -0.483 e. The monoisotopic (exact) mass is 269 g/mol. The molecule has 0 unspecified atom stereocenters. The molecule has 0 saturated carbocycles. The number of ether oxygens (including phenoxy) is 1. The lowest BCUT2D eigenvalue weighted by molar-refractivity contribution is 0.319. The van der Waals surface area contributed by atoms with Crippen molar-refractivity contribution in [1.82, 2.24) is 5.32 Å². The molecule has 0 aliphatic carbocycles. The van der Waals surface area contributed by atoms with Crippen LogP contribution in [0.1, 0.15) is 32.8 Å². The molecule has 0 bridgehead atoms. The molecule has 1 rings (SSSR count). The van der Waals surface area contributed by atoms with Gasteiger partial charge in [-0.1, -0.05) is 12.5 Å². The van der Waals surface area contributed by atoms with Crippen molar-refractivity contribution in [2.75, 3.05) is 13.2 Å². The average molecular weight is 269 g/mol. The topological polar surface area (TPSA) is 21.3 Å². The van der Waals surface area contributed by atoms with Gasteiger partial charge in [0.2, 0.25) is 0 Å². The van der Waals surface area contributed by atoms with Gasteiger partial charge in [-0.25, -0.2) is 8.78 Å². The molecule has 106 valence electrons. The van der Waals surface area contributed by atoms with Gasteiger partial charge in [0.25, 0.3) is 0 Å². The van der Waals surface area contributed by atoms with Crippen LogP contribution in [0.5, 0.6) is 5.75 Å². The van der Waals surface area contributed by atoms with Gasteiger partial charge in [-0.3, -0.25) is 0 Å². The Balaban J connectivity index is 2.71. The van der Waals surface area contributed by atoms with Crippen LogP contribution in [0.4, 0.5) is 8.78 Å². The van der Waals surface area contributed by atoms with Crippen LogP contribution >= 0.6 is 0 Å². The summed E-state index contributed by atoms with van der Waals surface area (Å²) in [5.74, 6) is -1.62. The van der Waals surface area contributed by atoms with E-state index in [2.05, 4.69) is 5.32 Å². The first-order chi connectivity index (χ1) is 9.04. The van der Waals surface area contributed by atoms with Crippen molar-refractivity contribution in [2.24, 2.45) is 0 Å². The third-order valence-corrected chi connectivity index (χ3v) is 2.53. The SMILES string of the molecule is CCCNCc1cc(F)c(OCC=C(C)C)c(F)c1. The van der Waals surface area contributed by atoms with Crippen LogP contribution in [0, 0.1) is 11.6 Å². The van der Waals surface area contributed by atoms with E-state index >= 15 is 0 Å². The van der Waals surface area contributed by atoms with Gasteiger partial charge >= 0.3 is 0 Å². The van der Waals surface area contributed by atoms with Crippen molar-refractivity contribution in [3.8, 4) is 5.75 Å². The Bertz CT molecular complexity index is 417. The number of allylic oxidation sites excluding steroid dienone is 1. The highest BCUT2D eigenvalue weighted by molar-refractivity contribution is 5.31. The number of nitrogens with one attached hydrogen (secondary N) is 1. The smallest absolute Gasteiger partial charge is 0.191 e. The molecule has 2 nitrogen and oxygen atoms in total. The van der Waals surface area contributed by atoms with Crippen LogP contribution in [-0.2, 0) is 6.54 Å². The van der Waals surface area contributed by atoms with Crippen LogP contribution in [0.3, 0.4) is 0 Å². The first-order valence-electron chi connectivity index (χ1n) is 6.49. The van der Waals surface area contributed by atoms with E-state index < -0.39 is 11.6 Å². The van der Waals surface area contributed by atoms with Crippen LogP contribution in [0.25, 0.3) is 0 Å². The Morgan fingerprint density at radius 3 is 2.42 bits per heavy atom. The second-order valence-electron chi connectivity index (χ2n) is 4.66. The molecule has 0 aliphatic heterocycles. The van der Waals surface area contributed by atoms with E-state index in [1.807, 2.05) is 20.8 Å². The van der Waals surface area contributed by atoms with Crippen LogP contribution in [0.15, 0.2) is 23.8 Å². The quantitative estimate of drug-likeness (QED) is 0.600. The predicted molar refractivity (Wildman–Crippen MR) is 73.3 cm³/mol. The van der Waals surface area contributed by atoms with Gasteiger partial charge in [-0.2, -0.15) is 0 Å². The zero-order valence-corrected chi connectivity index (χ0v) is 11.7. The average Bonchev–Trinajstić information content (AvgIpc) is 2.32. The third-order valence-electron chi connectivity index (χ3n) is 2.53. The van der Waals surface area contributed by atoms with E-state index in [1.54, 1.807) is 6.08 Å². The Morgan fingerprint density at radius 2 is 1.89 bits per heavy atom. The first-order valence-corrected chi connectivity index (χ1v) is 6.49. The maximum absolute atomic E-state index is 13.7. The van der Waals surface area contributed by atoms with Gasteiger partial charge in [-0.15, -0.1) is 0 Å². The number of halogens is 2. The lowest BCUT2D eigenvalue weighted by Gasteiger charge is -2.09. The normalized spacial score (nSPS) is 10.4. The summed E-state index contributed by atoms with van der Waals surface area (Å²) >= 11 is 0. The van der Waals surface area contributed by atoms with E-state index in [4.69, 9.17) is 4.74 Å². The number of hydrogen-bond acceptors (Lipinski definition) is 2. The Kier molecular flexibility index (Phi) is 6.50. The molecule has 0 aromatic heterocycles. The van der Waals surface area contributed by atoms with Crippen LogP contribution in [-0.4, -0.2) is 13.2 Å². The van der Waals surface area contributed by atoms with E-state index in [-0.39, 0.29) is 12.4 Å². The predicted octanol–water partition coefficient (Wildman–Crippen LogP) is 3.81. The van der Waals surface area contributed by atoms with Crippen molar-refractivity contribution < 1.29 is 13.5 Å². The number of rotatable bonds is 7. The summed E-state index contributed by atoms with van der Waals surface area (Å²) in [5.41, 5.74) is 1.62. The van der Waals surface area contributed by atoms with Gasteiger partial charge in [-0.05, 0) is 50.6 Å². The zero-order chi connectivity index (χ0) is 14.3. The van der Waals surface area contributed by atoms with Crippen molar-refractivity contribution in [1.29, 1.82) is 0 Å². The molecule has 4 heteroatoms. The number of hydrogen-bond donors (Lipinski definition) is 1. The molecule has 0 radical (unpaired) electrons. The Hall–Kier alpha value is -1.42. The minimum atomic E-state index is -0.657. The number of benzene rings is 1. The molecule has 0 fully saturated rings. The molecule has 0 saturated heterocycles. The summed E-state index contributed by atoms with van der Waals surface area (Å²) in [6.45, 7) is 7.28. The van der Waals surface area contributed by atoms with E-state index in [1.165, 1.54) is 12.1 Å². The molecule has 1 aromatic carbocycles. The van der Waals surface area contributed by atoms with Gasteiger partial charge < -0.3 is 10.1 Å². The molecular formula is C15H21F2NO. The molecule has 0 amide bonds. The zero-order valence-electron chi connectivity index (χ0n) is 11.7. The third kappa shape index (κ3) is 5.39. The summed E-state index contributed by atoms with van der Waals surface area (Å²) in [5, 5.41) is 3.10.